The van der Waals surface area contributed by atoms with E-state index in [4.69, 9.17) is 0 Å². The molecule has 2 aromatic rings. The molecule has 0 fully saturated rings. The number of carbonyl (C=O) groups is 1. The monoisotopic (exact) mass is 388 g/mol. The van der Waals surface area contributed by atoms with Gasteiger partial charge in [-0.1, -0.05) is 62.4 Å². The van der Waals surface area contributed by atoms with Gasteiger partial charge in [0.05, 0.1) is 24.9 Å². The van der Waals surface area contributed by atoms with Gasteiger partial charge in [0, 0.05) is 6.54 Å². The minimum Gasteiger partial charge on any atom is -0.354 e. The summed E-state index contributed by atoms with van der Waals surface area (Å²) in [5.74, 6) is -0.117. The van der Waals surface area contributed by atoms with Crippen molar-refractivity contribution in [2.24, 2.45) is 0 Å². The first kappa shape index (κ1) is 21.0. The molecule has 0 unspecified atom stereocenters. The highest BCUT2D eigenvalue weighted by Gasteiger charge is 2.22. The number of para-hydroxylation sites is 1. The average molecular weight is 389 g/mol. The predicted octanol–water partition coefficient (Wildman–Crippen LogP) is 2.94. The van der Waals surface area contributed by atoms with Gasteiger partial charge in [0.25, 0.3) is 0 Å². The van der Waals surface area contributed by atoms with Gasteiger partial charge in [-0.15, -0.1) is 0 Å². The second-order valence-electron chi connectivity index (χ2n) is 6.48. The molecule has 0 bridgehead atoms. The van der Waals surface area contributed by atoms with Gasteiger partial charge in [0.2, 0.25) is 15.9 Å². The summed E-state index contributed by atoms with van der Waals surface area (Å²) < 4.78 is 26.3. The molecular weight excluding hydrogens is 360 g/mol. The lowest BCUT2D eigenvalue weighted by Crippen LogP contribution is -2.39. The van der Waals surface area contributed by atoms with Gasteiger partial charge >= 0.3 is 0 Å². The summed E-state index contributed by atoms with van der Waals surface area (Å²) in [5.41, 5.74) is 3.67. The second-order valence-corrected chi connectivity index (χ2v) is 8.39. The highest BCUT2D eigenvalue weighted by Crippen LogP contribution is 2.28. The Kier molecular flexibility index (Phi) is 7.42. The molecular formula is C21H28N2O3S. The van der Waals surface area contributed by atoms with Gasteiger partial charge in [-0.2, -0.15) is 0 Å². The molecule has 0 spiro atoms. The number of sulfonamides is 1. The molecule has 6 heteroatoms. The van der Waals surface area contributed by atoms with Crippen LogP contribution in [0.2, 0.25) is 0 Å². The number of aryl methyl sites for hydroxylation is 2. The van der Waals surface area contributed by atoms with Gasteiger partial charge in [-0.05, 0) is 29.5 Å². The lowest BCUT2D eigenvalue weighted by molar-refractivity contribution is -0.120. The summed E-state index contributed by atoms with van der Waals surface area (Å²) in [5, 5.41) is 2.83. The molecule has 0 radical (unpaired) electrons. The van der Waals surface area contributed by atoms with E-state index in [1.807, 2.05) is 62.4 Å². The smallest absolute Gasteiger partial charge is 0.232 e. The standard InChI is InChI=1S/C21H28N2O3S/c1-4-18-12-9-13-19(5-2)21(18)23(27(3,25)26)15-14-22-20(24)16-17-10-7-6-8-11-17/h6-13H,4-5,14-16H2,1-3H3,(H,22,24). The highest BCUT2D eigenvalue weighted by molar-refractivity contribution is 7.92. The van der Waals surface area contributed by atoms with Crippen molar-refractivity contribution in [2.75, 3.05) is 23.7 Å². The van der Waals surface area contributed by atoms with Crippen molar-refractivity contribution in [3.05, 3.63) is 65.2 Å². The third-order valence-electron chi connectivity index (χ3n) is 4.46. The number of carbonyl (C=O) groups excluding carboxylic acids is 1. The molecule has 146 valence electrons. The van der Waals surface area contributed by atoms with E-state index in [0.29, 0.717) is 0 Å². The molecule has 2 aromatic carbocycles. The van der Waals surface area contributed by atoms with Crippen molar-refractivity contribution >= 4 is 21.6 Å². The molecule has 0 saturated heterocycles. The number of amides is 1. The lowest BCUT2D eigenvalue weighted by atomic mass is 10.0. The Morgan fingerprint density at radius 1 is 0.963 bits per heavy atom. The van der Waals surface area contributed by atoms with Crippen LogP contribution in [0.4, 0.5) is 5.69 Å². The molecule has 0 aromatic heterocycles. The topological polar surface area (TPSA) is 66.5 Å². The van der Waals surface area contributed by atoms with Crippen LogP contribution in [0.15, 0.2) is 48.5 Å². The zero-order chi connectivity index (χ0) is 19.9. The van der Waals surface area contributed by atoms with Crippen LogP contribution in [0, 0.1) is 0 Å². The number of nitrogens with zero attached hydrogens (tertiary/aromatic N) is 1. The van der Waals surface area contributed by atoms with E-state index < -0.39 is 10.0 Å². The maximum atomic E-state index is 12.4. The largest absolute Gasteiger partial charge is 0.354 e. The fraction of sp³-hybridized carbons (Fsp3) is 0.381. The van der Waals surface area contributed by atoms with E-state index >= 15 is 0 Å². The Morgan fingerprint density at radius 2 is 1.56 bits per heavy atom. The van der Waals surface area contributed by atoms with E-state index in [2.05, 4.69) is 5.32 Å². The SMILES string of the molecule is CCc1cccc(CC)c1N(CCNC(=O)Cc1ccccc1)S(C)(=O)=O. The van der Waals surface area contributed by atoms with Crippen molar-refractivity contribution < 1.29 is 13.2 Å². The van der Waals surface area contributed by atoms with Crippen molar-refractivity contribution in [3.63, 3.8) is 0 Å². The zero-order valence-electron chi connectivity index (χ0n) is 16.2. The summed E-state index contributed by atoms with van der Waals surface area (Å²) in [6.07, 6.45) is 2.99. The fourth-order valence-corrected chi connectivity index (χ4v) is 4.11. The van der Waals surface area contributed by atoms with Gasteiger partial charge in [-0.3, -0.25) is 9.10 Å². The molecule has 0 aliphatic heterocycles. The minimum absolute atomic E-state index is 0.117. The Labute approximate surface area is 162 Å². The number of benzene rings is 2. The van der Waals surface area contributed by atoms with Crippen LogP contribution in [0.1, 0.15) is 30.5 Å². The van der Waals surface area contributed by atoms with E-state index in [9.17, 15) is 13.2 Å². The van der Waals surface area contributed by atoms with Gasteiger partial charge in [-0.25, -0.2) is 8.42 Å². The van der Waals surface area contributed by atoms with Crippen LogP contribution in [0.3, 0.4) is 0 Å². The van der Waals surface area contributed by atoms with Crippen molar-refractivity contribution in [3.8, 4) is 0 Å². The van der Waals surface area contributed by atoms with Crippen LogP contribution in [-0.4, -0.2) is 33.7 Å². The van der Waals surface area contributed by atoms with E-state index in [0.717, 1.165) is 35.2 Å². The van der Waals surface area contributed by atoms with E-state index in [-0.39, 0.29) is 25.4 Å². The third-order valence-corrected chi connectivity index (χ3v) is 5.63. The maximum Gasteiger partial charge on any atom is 0.232 e. The molecule has 0 atom stereocenters. The summed E-state index contributed by atoms with van der Waals surface area (Å²) in [4.78, 5) is 12.1. The Bertz CT molecular complexity index is 842. The molecule has 0 aliphatic rings. The molecule has 0 saturated carbocycles. The predicted molar refractivity (Wildman–Crippen MR) is 111 cm³/mol. The number of anilines is 1. The van der Waals surface area contributed by atoms with Crippen LogP contribution in [0.5, 0.6) is 0 Å². The Morgan fingerprint density at radius 3 is 2.07 bits per heavy atom. The van der Waals surface area contributed by atoms with Crippen LogP contribution in [-0.2, 0) is 34.1 Å². The van der Waals surface area contributed by atoms with E-state index in [1.165, 1.54) is 10.6 Å². The van der Waals surface area contributed by atoms with Crippen molar-refractivity contribution in [2.45, 2.75) is 33.1 Å². The first-order valence-electron chi connectivity index (χ1n) is 9.25. The normalized spacial score (nSPS) is 11.2. The van der Waals surface area contributed by atoms with Crippen LogP contribution < -0.4 is 9.62 Å². The van der Waals surface area contributed by atoms with Gasteiger partial charge in [0.15, 0.2) is 0 Å². The number of rotatable bonds is 9. The van der Waals surface area contributed by atoms with E-state index in [1.54, 1.807) is 0 Å². The van der Waals surface area contributed by atoms with Crippen molar-refractivity contribution in [1.82, 2.24) is 5.32 Å². The molecule has 1 N–H and O–H groups in total. The van der Waals surface area contributed by atoms with Gasteiger partial charge < -0.3 is 5.32 Å². The maximum absolute atomic E-state index is 12.4. The molecule has 5 nitrogen and oxygen atoms in total. The lowest BCUT2D eigenvalue weighted by Gasteiger charge is -2.27. The minimum atomic E-state index is -3.46. The van der Waals surface area contributed by atoms with Crippen LogP contribution in [0.25, 0.3) is 0 Å². The number of hydrogen-bond donors (Lipinski definition) is 1. The second kappa shape index (κ2) is 9.55. The fourth-order valence-electron chi connectivity index (χ4n) is 3.12. The van der Waals surface area contributed by atoms with Crippen LogP contribution >= 0.6 is 0 Å². The molecule has 0 aliphatic carbocycles. The average Bonchev–Trinajstić information content (AvgIpc) is 2.64. The first-order chi connectivity index (χ1) is 12.9. The molecule has 27 heavy (non-hydrogen) atoms. The Hall–Kier alpha value is -2.34. The first-order valence-corrected chi connectivity index (χ1v) is 11.1. The summed E-state index contributed by atoms with van der Waals surface area (Å²) in [6.45, 7) is 4.50. The Balaban J connectivity index is 2.12. The summed E-state index contributed by atoms with van der Waals surface area (Å²) in [7, 11) is -3.46. The third kappa shape index (κ3) is 5.82. The molecule has 2 rings (SSSR count). The number of hydrogen-bond acceptors (Lipinski definition) is 3. The highest BCUT2D eigenvalue weighted by atomic mass is 32.2. The molecule has 0 heterocycles. The quantitative estimate of drug-likeness (QED) is 0.718. The molecule has 1 amide bonds. The summed E-state index contributed by atoms with van der Waals surface area (Å²) in [6, 6.07) is 15.4. The van der Waals surface area contributed by atoms with Crippen molar-refractivity contribution in [1.29, 1.82) is 0 Å². The number of nitrogens with one attached hydrogen (secondary N) is 1. The summed E-state index contributed by atoms with van der Waals surface area (Å²) >= 11 is 0. The van der Waals surface area contributed by atoms with Gasteiger partial charge in [0.1, 0.15) is 0 Å². The zero-order valence-corrected chi connectivity index (χ0v) is 17.1.